The van der Waals surface area contributed by atoms with Gasteiger partial charge in [0.05, 0.1) is 35.3 Å². The molecular formula is C20H19BrN4O3. The SMILES string of the molecule is CCCOC(=O)c1cc(Br)ccc1NC(=O)c1cnn(-c2ccccn2)c1C. The Hall–Kier alpha value is -3.00. The van der Waals surface area contributed by atoms with Crippen LogP contribution < -0.4 is 5.32 Å². The first-order valence-electron chi connectivity index (χ1n) is 8.75. The van der Waals surface area contributed by atoms with E-state index in [0.717, 1.165) is 0 Å². The second-order valence-electron chi connectivity index (χ2n) is 6.02. The number of ether oxygens (including phenoxy) is 1. The average Bonchev–Trinajstić information content (AvgIpc) is 3.09. The monoisotopic (exact) mass is 442 g/mol. The summed E-state index contributed by atoms with van der Waals surface area (Å²) in [5.74, 6) is -0.238. The fourth-order valence-corrected chi connectivity index (χ4v) is 2.96. The predicted molar refractivity (Wildman–Crippen MR) is 109 cm³/mol. The molecule has 7 nitrogen and oxygen atoms in total. The number of rotatable bonds is 6. The Morgan fingerprint density at radius 3 is 2.75 bits per heavy atom. The first-order chi connectivity index (χ1) is 13.5. The molecule has 2 heterocycles. The standard InChI is InChI=1S/C20H19BrN4O3/c1-3-10-28-20(27)15-11-14(21)7-8-17(15)24-19(26)16-12-23-25(13(16)2)18-6-4-5-9-22-18/h4-9,11-12H,3,10H2,1-2H3,(H,24,26). The molecule has 0 aliphatic heterocycles. The normalized spacial score (nSPS) is 10.5. The lowest BCUT2D eigenvalue weighted by Crippen LogP contribution is -2.17. The number of carbonyl (C=O) groups is 2. The number of amides is 1. The van der Waals surface area contributed by atoms with Crippen molar-refractivity contribution >= 4 is 33.5 Å². The number of carbonyl (C=O) groups excluding carboxylic acids is 2. The van der Waals surface area contributed by atoms with E-state index >= 15 is 0 Å². The van der Waals surface area contributed by atoms with E-state index in [4.69, 9.17) is 4.74 Å². The number of benzene rings is 1. The lowest BCUT2D eigenvalue weighted by Gasteiger charge is -2.11. The second-order valence-corrected chi connectivity index (χ2v) is 6.94. The second kappa shape index (κ2) is 8.79. The van der Waals surface area contributed by atoms with E-state index in [9.17, 15) is 9.59 Å². The van der Waals surface area contributed by atoms with E-state index in [2.05, 4.69) is 31.3 Å². The van der Waals surface area contributed by atoms with Crippen LogP contribution in [0.3, 0.4) is 0 Å². The number of hydrogen-bond donors (Lipinski definition) is 1. The smallest absolute Gasteiger partial charge is 0.340 e. The molecule has 0 radical (unpaired) electrons. The zero-order valence-corrected chi connectivity index (χ0v) is 17.1. The molecule has 144 valence electrons. The number of aromatic nitrogens is 3. The summed E-state index contributed by atoms with van der Waals surface area (Å²) in [6, 6.07) is 10.5. The molecule has 3 aromatic rings. The van der Waals surface area contributed by atoms with Crippen LogP contribution in [0.15, 0.2) is 53.3 Å². The van der Waals surface area contributed by atoms with E-state index in [0.29, 0.717) is 40.3 Å². The van der Waals surface area contributed by atoms with Gasteiger partial charge in [0.2, 0.25) is 0 Å². The minimum atomic E-state index is -0.487. The molecule has 0 aliphatic carbocycles. The Morgan fingerprint density at radius 1 is 1.21 bits per heavy atom. The topological polar surface area (TPSA) is 86.1 Å². The summed E-state index contributed by atoms with van der Waals surface area (Å²) in [6.07, 6.45) is 3.85. The molecule has 0 saturated carbocycles. The molecule has 28 heavy (non-hydrogen) atoms. The van der Waals surface area contributed by atoms with Crippen molar-refractivity contribution in [2.75, 3.05) is 11.9 Å². The van der Waals surface area contributed by atoms with Crippen molar-refractivity contribution in [1.29, 1.82) is 0 Å². The zero-order valence-electron chi connectivity index (χ0n) is 15.5. The third-order valence-corrected chi connectivity index (χ3v) is 4.50. The van der Waals surface area contributed by atoms with Crippen LogP contribution in [0.2, 0.25) is 0 Å². The van der Waals surface area contributed by atoms with Gasteiger partial charge < -0.3 is 10.1 Å². The van der Waals surface area contributed by atoms with E-state index in [1.807, 2.05) is 19.1 Å². The van der Waals surface area contributed by atoms with Crippen molar-refractivity contribution in [3.05, 3.63) is 70.1 Å². The van der Waals surface area contributed by atoms with Gasteiger partial charge in [-0.1, -0.05) is 28.9 Å². The Labute approximate surface area is 170 Å². The van der Waals surface area contributed by atoms with Crippen molar-refractivity contribution in [2.24, 2.45) is 0 Å². The molecule has 0 atom stereocenters. The minimum absolute atomic E-state index is 0.283. The van der Waals surface area contributed by atoms with Crippen molar-refractivity contribution in [2.45, 2.75) is 20.3 Å². The minimum Gasteiger partial charge on any atom is -0.462 e. The van der Waals surface area contributed by atoms with Gasteiger partial charge >= 0.3 is 5.97 Å². The maximum Gasteiger partial charge on any atom is 0.340 e. The summed E-state index contributed by atoms with van der Waals surface area (Å²) >= 11 is 3.34. The molecule has 0 bridgehead atoms. The van der Waals surface area contributed by atoms with Gasteiger partial charge in [0.1, 0.15) is 0 Å². The molecule has 0 unspecified atom stereocenters. The number of anilines is 1. The van der Waals surface area contributed by atoms with E-state index in [1.54, 1.807) is 42.1 Å². The Balaban J connectivity index is 1.86. The van der Waals surface area contributed by atoms with Gasteiger partial charge in [-0.2, -0.15) is 5.10 Å². The summed E-state index contributed by atoms with van der Waals surface area (Å²) in [5, 5.41) is 7.04. The van der Waals surface area contributed by atoms with Crippen molar-refractivity contribution in [3.8, 4) is 5.82 Å². The Kier molecular flexibility index (Phi) is 6.20. The fraction of sp³-hybridized carbons (Fsp3) is 0.200. The first-order valence-corrected chi connectivity index (χ1v) is 9.54. The molecule has 3 rings (SSSR count). The largest absolute Gasteiger partial charge is 0.462 e. The zero-order chi connectivity index (χ0) is 20.1. The van der Waals surface area contributed by atoms with Crippen molar-refractivity contribution < 1.29 is 14.3 Å². The molecule has 0 aliphatic rings. The van der Waals surface area contributed by atoms with Gasteiger partial charge in [0.15, 0.2) is 5.82 Å². The number of halogens is 1. The molecular weight excluding hydrogens is 424 g/mol. The van der Waals surface area contributed by atoms with Crippen LogP contribution in [0.1, 0.15) is 39.8 Å². The average molecular weight is 443 g/mol. The van der Waals surface area contributed by atoms with Crippen LogP contribution in [0.4, 0.5) is 5.69 Å². The maximum absolute atomic E-state index is 12.8. The highest BCUT2D eigenvalue weighted by atomic mass is 79.9. The molecule has 1 aromatic carbocycles. The van der Waals surface area contributed by atoms with Crippen molar-refractivity contribution in [3.63, 3.8) is 0 Å². The highest BCUT2D eigenvalue weighted by Gasteiger charge is 2.19. The third-order valence-electron chi connectivity index (χ3n) is 4.01. The lowest BCUT2D eigenvalue weighted by molar-refractivity contribution is 0.0506. The van der Waals surface area contributed by atoms with E-state index in [1.165, 1.54) is 6.20 Å². The highest BCUT2D eigenvalue weighted by molar-refractivity contribution is 9.10. The predicted octanol–water partition coefficient (Wildman–Crippen LogP) is 4.16. The van der Waals surface area contributed by atoms with Gasteiger partial charge in [-0.05, 0) is 43.7 Å². The van der Waals surface area contributed by atoms with Gasteiger partial charge in [-0.15, -0.1) is 0 Å². The number of nitrogens with one attached hydrogen (secondary N) is 1. The summed E-state index contributed by atoms with van der Waals surface area (Å²) in [6.45, 7) is 4.02. The van der Waals surface area contributed by atoms with Gasteiger partial charge in [-0.3, -0.25) is 4.79 Å². The number of esters is 1. The molecule has 0 fully saturated rings. The summed E-state index contributed by atoms with van der Waals surface area (Å²) in [7, 11) is 0. The van der Waals surface area contributed by atoms with Gasteiger partial charge in [-0.25, -0.2) is 14.5 Å². The fourth-order valence-electron chi connectivity index (χ4n) is 2.60. The van der Waals surface area contributed by atoms with Crippen LogP contribution in [-0.4, -0.2) is 33.2 Å². The first kappa shape index (κ1) is 19.8. The van der Waals surface area contributed by atoms with E-state index < -0.39 is 5.97 Å². The quantitative estimate of drug-likeness (QED) is 0.579. The van der Waals surface area contributed by atoms with Crippen LogP contribution in [0.25, 0.3) is 5.82 Å². The maximum atomic E-state index is 12.8. The van der Waals surface area contributed by atoms with Gasteiger partial charge in [0.25, 0.3) is 5.91 Å². The van der Waals surface area contributed by atoms with Crippen molar-refractivity contribution in [1.82, 2.24) is 14.8 Å². The van der Waals surface area contributed by atoms with Crippen LogP contribution in [0.5, 0.6) is 0 Å². The lowest BCUT2D eigenvalue weighted by atomic mass is 10.1. The summed E-state index contributed by atoms with van der Waals surface area (Å²) in [4.78, 5) is 29.4. The molecule has 2 aromatic heterocycles. The van der Waals surface area contributed by atoms with Crippen LogP contribution >= 0.6 is 15.9 Å². The number of pyridine rings is 1. The molecule has 0 saturated heterocycles. The molecule has 1 N–H and O–H groups in total. The van der Waals surface area contributed by atoms with Crippen LogP contribution in [0, 0.1) is 6.92 Å². The summed E-state index contributed by atoms with van der Waals surface area (Å²) in [5.41, 5.74) is 1.69. The Bertz CT molecular complexity index is 1000. The number of hydrogen-bond acceptors (Lipinski definition) is 5. The molecule has 0 spiro atoms. The highest BCUT2D eigenvalue weighted by Crippen LogP contribution is 2.23. The number of nitrogens with zero attached hydrogens (tertiary/aromatic N) is 3. The van der Waals surface area contributed by atoms with Gasteiger partial charge in [0, 0.05) is 10.7 Å². The molecule has 8 heteroatoms. The van der Waals surface area contributed by atoms with E-state index in [-0.39, 0.29) is 11.5 Å². The Morgan fingerprint density at radius 2 is 2.04 bits per heavy atom. The van der Waals surface area contributed by atoms with Crippen LogP contribution in [-0.2, 0) is 4.74 Å². The molecule has 1 amide bonds. The third kappa shape index (κ3) is 4.28. The summed E-state index contributed by atoms with van der Waals surface area (Å²) < 4.78 is 7.52.